The summed E-state index contributed by atoms with van der Waals surface area (Å²) in [7, 11) is 0. The van der Waals surface area contributed by atoms with Crippen LogP contribution in [0, 0.1) is 23.5 Å². The highest BCUT2D eigenvalue weighted by Crippen LogP contribution is 2.37. The van der Waals surface area contributed by atoms with Crippen molar-refractivity contribution in [1.82, 2.24) is 0 Å². The van der Waals surface area contributed by atoms with Gasteiger partial charge in [-0.25, -0.2) is 8.78 Å². The first-order valence-corrected chi connectivity index (χ1v) is 6.57. The summed E-state index contributed by atoms with van der Waals surface area (Å²) < 4.78 is 32.6. The van der Waals surface area contributed by atoms with Gasteiger partial charge in [-0.3, -0.25) is 4.79 Å². The zero-order valence-corrected chi connectivity index (χ0v) is 12.1. The molecule has 1 aromatic carbocycles. The Morgan fingerprint density at radius 3 is 2.25 bits per heavy atom. The molecule has 0 bridgehead atoms. The van der Waals surface area contributed by atoms with Crippen LogP contribution in [0.2, 0.25) is 0 Å². The minimum atomic E-state index is -1.99. The number of ether oxygens (including phenoxy) is 1. The smallest absolute Gasteiger partial charge is 0.312 e. The summed E-state index contributed by atoms with van der Waals surface area (Å²) in [4.78, 5) is 12.0. The lowest BCUT2D eigenvalue weighted by Gasteiger charge is -2.34. The summed E-state index contributed by atoms with van der Waals surface area (Å²) in [6.45, 7) is 6.38. The van der Waals surface area contributed by atoms with Gasteiger partial charge in [-0.05, 0) is 31.9 Å². The Hall–Kier alpha value is -1.49. The molecule has 2 atom stereocenters. The Labute approximate surface area is 117 Å². The number of carbonyl (C=O) groups is 1. The van der Waals surface area contributed by atoms with Crippen LogP contribution in [0.3, 0.4) is 0 Å². The lowest BCUT2D eigenvalue weighted by atomic mass is 9.76. The van der Waals surface area contributed by atoms with E-state index in [1.54, 1.807) is 20.8 Å². The standard InChI is InChI=1S/C15H20F2O3/c1-5-20-14(18)12(9(2)3)15(4,19)13-10(16)7-6-8-11(13)17/h6-9,12,19H,5H2,1-4H3. The molecule has 0 aliphatic carbocycles. The molecule has 0 radical (unpaired) electrons. The molecule has 5 heteroatoms. The van der Waals surface area contributed by atoms with E-state index in [1.165, 1.54) is 13.0 Å². The summed E-state index contributed by atoms with van der Waals surface area (Å²) >= 11 is 0. The van der Waals surface area contributed by atoms with Crippen LogP contribution in [0.4, 0.5) is 8.78 Å². The zero-order valence-electron chi connectivity index (χ0n) is 12.1. The molecule has 2 unspecified atom stereocenters. The first kappa shape index (κ1) is 16.6. The van der Waals surface area contributed by atoms with Gasteiger partial charge in [0.15, 0.2) is 0 Å². The zero-order chi connectivity index (χ0) is 15.5. The Balaban J connectivity index is 3.33. The van der Waals surface area contributed by atoms with Crippen molar-refractivity contribution in [2.75, 3.05) is 6.61 Å². The first-order chi connectivity index (χ1) is 9.23. The van der Waals surface area contributed by atoms with Crippen molar-refractivity contribution in [3.8, 4) is 0 Å². The average Bonchev–Trinajstić information content (AvgIpc) is 2.27. The van der Waals surface area contributed by atoms with Crippen LogP contribution < -0.4 is 0 Å². The van der Waals surface area contributed by atoms with Gasteiger partial charge in [-0.1, -0.05) is 19.9 Å². The molecule has 0 aromatic heterocycles. The number of hydrogen-bond donors (Lipinski definition) is 1. The summed E-state index contributed by atoms with van der Waals surface area (Å²) in [5.74, 6) is -3.85. The van der Waals surface area contributed by atoms with Gasteiger partial charge in [0.25, 0.3) is 0 Å². The topological polar surface area (TPSA) is 46.5 Å². The highest BCUT2D eigenvalue weighted by molar-refractivity contribution is 5.74. The average molecular weight is 286 g/mol. The summed E-state index contributed by atoms with van der Waals surface area (Å²) in [6, 6.07) is 3.31. The summed E-state index contributed by atoms with van der Waals surface area (Å²) in [6.07, 6.45) is 0. The minimum Gasteiger partial charge on any atom is -0.466 e. The lowest BCUT2D eigenvalue weighted by Crippen LogP contribution is -2.42. The van der Waals surface area contributed by atoms with E-state index in [9.17, 15) is 18.7 Å². The molecule has 1 rings (SSSR count). The van der Waals surface area contributed by atoms with Gasteiger partial charge >= 0.3 is 5.97 Å². The molecular formula is C15H20F2O3. The molecule has 0 saturated heterocycles. The monoisotopic (exact) mass is 286 g/mol. The second-order valence-corrected chi connectivity index (χ2v) is 5.22. The van der Waals surface area contributed by atoms with Crippen molar-refractivity contribution in [2.45, 2.75) is 33.3 Å². The SMILES string of the molecule is CCOC(=O)C(C(C)C)C(C)(O)c1c(F)cccc1F. The maximum absolute atomic E-state index is 13.9. The summed E-state index contributed by atoms with van der Waals surface area (Å²) in [5, 5.41) is 10.6. The van der Waals surface area contributed by atoms with Crippen LogP contribution in [0.15, 0.2) is 18.2 Å². The van der Waals surface area contributed by atoms with Gasteiger partial charge in [0, 0.05) is 0 Å². The van der Waals surface area contributed by atoms with E-state index in [0.29, 0.717) is 0 Å². The molecule has 0 heterocycles. The van der Waals surface area contributed by atoms with Crippen LogP contribution in [-0.2, 0) is 15.1 Å². The Morgan fingerprint density at radius 2 is 1.85 bits per heavy atom. The first-order valence-electron chi connectivity index (χ1n) is 6.57. The minimum absolute atomic E-state index is 0.137. The number of carbonyl (C=O) groups excluding carboxylic acids is 1. The lowest BCUT2D eigenvalue weighted by molar-refractivity contribution is -0.162. The second-order valence-electron chi connectivity index (χ2n) is 5.22. The Bertz CT molecular complexity index is 464. The van der Waals surface area contributed by atoms with Crippen LogP contribution in [-0.4, -0.2) is 17.7 Å². The molecule has 0 aliphatic rings. The predicted molar refractivity (Wildman–Crippen MR) is 70.9 cm³/mol. The van der Waals surface area contributed by atoms with Crippen molar-refractivity contribution in [3.05, 3.63) is 35.4 Å². The Kier molecular flexibility index (Phi) is 5.22. The number of aliphatic hydroxyl groups is 1. The summed E-state index contributed by atoms with van der Waals surface area (Å²) in [5.41, 5.74) is -2.50. The molecule has 1 N–H and O–H groups in total. The molecule has 0 aliphatic heterocycles. The van der Waals surface area contributed by atoms with E-state index in [1.807, 2.05) is 0 Å². The number of halogens is 2. The van der Waals surface area contributed by atoms with Crippen LogP contribution in [0.25, 0.3) is 0 Å². The molecule has 3 nitrogen and oxygen atoms in total. The third-order valence-electron chi connectivity index (χ3n) is 3.28. The third-order valence-corrected chi connectivity index (χ3v) is 3.28. The van der Waals surface area contributed by atoms with E-state index in [4.69, 9.17) is 4.74 Å². The quantitative estimate of drug-likeness (QED) is 0.846. The normalized spacial score (nSPS) is 15.8. The molecule has 0 amide bonds. The number of hydrogen-bond acceptors (Lipinski definition) is 3. The van der Waals surface area contributed by atoms with Crippen LogP contribution in [0.1, 0.15) is 33.3 Å². The van der Waals surface area contributed by atoms with E-state index >= 15 is 0 Å². The Morgan fingerprint density at radius 1 is 1.35 bits per heavy atom. The van der Waals surface area contributed by atoms with Crippen LogP contribution >= 0.6 is 0 Å². The number of benzene rings is 1. The van der Waals surface area contributed by atoms with Gasteiger partial charge in [0.2, 0.25) is 0 Å². The fraction of sp³-hybridized carbons (Fsp3) is 0.533. The molecule has 0 spiro atoms. The van der Waals surface area contributed by atoms with Gasteiger partial charge in [0.1, 0.15) is 17.2 Å². The molecule has 112 valence electrons. The number of rotatable bonds is 5. The van der Waals surface area contributed by atoms with Gasteiger partial charge in [0.05, 0.1) is 18.1 Å². The van der Waals surface area contributed by atoms with Crippen molar-refractivity contribution < 1.29 is 23.4 Å². The molecular weight excluding hydrogens is 266 g/mol. The van der Waals surface area contributed by atoms with E-state index in [2.05, 4.69) is 0 Å². The molecule has 20 heavy (non-hydrogen) atoms. The van der Waals surface area contributed by atoms with Crippen molar-refractivity contribution in [2.24, 2.45) is 11.8 Å². The molecule has 0 saturated carbocycles. The van der Waals surface area contributed by atoms with Gasteiger partial charge < -0.3 is 9.84 Å². The van der Waals surface area contributed by atoms with E-state index in [-0.39, 0.29) is 12.5 Å². The van der Waals surface area contributed by atoms with Crippen molar-refractivity contribution in [1.29, 1.82) is 0 Å². The fourth-order valence-electron chi connectivity index (χ4n) is 2.52. The maximum atomic E-state index is 13.9. The molecule has 0 fully saturated rings. The van der Waals surface area contributed by atoms with Crippen molar-refractivity contribution >= 4 is 5.97 Å². The van der Waals surface area contributed by atoms with E-state index < -0.39 is 34.7 Å². The number of esters is 1. The second kappa shape index (κ2) is 6.31. The maximum Gasteiger partial charge on any atom is 0.312 e. The fourth-order valence-corrected chi connectivity index (χ4v) is 2.52. The largest absolute Gasteiger partial charge is 0.466 e. The highest BCUT2D eigenvalue weighted by atomic mass is 19.1. The van der Waals surface area contributed by atoms with Crippen LogP contribution in [0.5, 0.6) is 0 Å². The van der Waals surface area contributed by atoms with Gasteiger partial charge in [-0.2, -0.15) is 0 Å². The predicted octanol–water partition coefficient (Wildman–Crippen LogP) is 3.01. The van der Waals surface area contributed by atoms with Crippen molar-refractivity contribution in [3.63, 3.8) is 0 Å². The van der Waals surface area contributed by atoms with E-state index in [0.717, 1.165) is 12.1 Å². The van der Waals surface area contributed by atoms with Gasteiger partial charge in [-0.15, -0.1) is 0 Å². The highest BCUT2D eigenvalue weighted by Gasteiger charge is 2.45. The molecule has 1 aromatic rings. The third kappa shape index (κ3) is 3.15.